The van der Waals surface area contributed by atoms with Crippen molar-refractivity contribution in [3.8, 4) is 0 Å². The highest BCUT2D eigenvalue weighted by Crippen LogP contribution is 1.97. The summed E-state index contributed by atoms with van der Waals surface area (Å²) in [6.45, 7) is 6.83. The summed E-state index contributed by atoms with van der Waals surface area (Å²) in [5.41, 5.74) is 0. The number of hydrogen-bond donors (Lipinski definition) is 1. The molecule has 13 heavy (non-hydrogen) atoms. The van der Waals surface area contributed by atoms with Crippen molar-refractivity contribution in [3.63, 3.8) is 0 Å². The lowest BCUT2D eigenvalue weighted by Gasteiger charge is -2.00. The Hall–Kier alpha value is -1.06. The molecule has 0 bridgehead atoms. The predicted octanol–water partition coefficient (Wildman–Crippen LogP) is 1.69. The smallest absolute Gasteiger partial charge is 0.303 e. The minimum Gasteiger partial charge on any atom is -0.481 e. The Morgan fingerprint density at radius 1 is 1.54 bits per heavy atom. The number of ether oxygens (including phenoxy) is 1. The third-order valence-electron chi connectivity index (χ3n) is 1.18. The van der Waals surface area contributed by atoms with Gasteiger partial charge in [-0.3, -0.25) is 9.59 Å². The molecule has 0 amide bonds. The Balaban J connectivity index is 0. The number of rotatable bonds is 5. The standard InChI is InChI=1S/C6H12O2.C3H6O2/c1-6(2)3-4-8-5-7;1-2-3(4)5/h5-6H,3-4H2,1-2H3;2H2,1H3,(H,4,5). The summed E-state index contributed by atoms with van der Waals surface area (Å²) < 4.78 is 4.46. The first-order chi connectivity index (χ1) is 6.04. The number of carboxylic acids is 1. The largest absolute Gasteiger partial charge is 0.481 e. The van der Waals surface area contributed by atoms with Crippen molar-refractivity contribution in [2.75, 3.05) is 6.61 Å². The zero-order valence-electron chi connectivity index (χ0n) is 8.45. The van der Waals surface area contributed by atoms with E-state index >= 15 is 0 Å². The highest BCUT2D eigenvalue weighted by atomic mass is 16.5. The van der Waals surface area contributed by atoms with Crippen LogP contribution in [0, 0.1) is 5.92 Å². The second kappa shape index (κ2) is 10.9. The Morgan fingerprint density at radius 3 is 2.23 bits per heavy atom. The molecule has 0 aliphatic rings. The molecule has 78 valence electrons. The van der Waals surface area contributed by atoms with Crippen LogP contribution in [-0.4, -0.2) is 24.2 Å². The average Bonchev–Trinajstić information content (AvgIpc) is 2.05. The van der Waals surface area contributed by atoms with Crippen LogP contribution >= 0.6 is 0 Å². The molecule has 0 spiro atoms. The van der Waals surface area contributed by atoms with Gasteiger partial charge in [0.05, 0.1) is 6.61 Å². The highest BCUT2D eigenvalue weighted by molar-refractivity contribution is 5.66. The van der Waals surface area contributed by atoms with Crippen LogP contribution < -0.4 is 0 Å². The molecule has 0 aromatic carbocycles. The number of carbonyl (C=O) groups excluding carboxylic acids is 1. The van der Waals surface area contributed by atoms with Crippen LogP contribution in [0.15, 0.2) is 0 Å². The fraction of sp³-hybridized carbons (Fsp3) is 0.778. The summed E-state index contributed by atoms with van der Waals surface area (Å²) in [5.74, 6) is -0.125. The maximum atomic E-state index is 9.56. The number of hydrogen-bond acceptors (Lipinski definition) is 3. The second-order valence-electron chi connectivity index (χ2n) is 2.90. The summed E-state index contributed by atoms with van der Waals surface area (Å²) in [6.07, 6.45) is 1.18. The van der Waals surface area contributed by atoms with Crippen LogP contribution in [0.1, 0.15) is 33.6 Å². The van der Waals surface area contributed by atoms with E-state index in [0.29, 0.717) is 19.0 Å². The van der Waals surface area contributed by atoms with Gasteiger partial charge in [0.15, 0.2) is 0 Å². The normalized spacial score (nSPS) is 8.62. The molecular formula is C9H18O4. The third kappa shape index (κ3) is 24.8. The molecule has 0 saturated carbocycles. The Kier molecular flexibility index (Phi) is 12.2. The second-order valence-corrected chi connectivity index (χ2v) is 2.90. The molecule has 0 saturated heterocycles. The summed E-state index contributed by atoms with van der Waals surface area (Å²) >= 11 is 0. The van der Waals surface area contributed by atoms with E-state index in [-0.39, 0.29) is 6.42 Å². The molecule has 1 N–H and O–H groups in total. The van der Waals surface area contributed by atoms with E-state index in [1.165, 1.54) is 0 Å². The average molecular weight is 190 g/mol. The van der Waals surface area contributed by atoms with Crippen molar-refractivity contribution >= 4 is 12.4 Å². The molecule has 4 heteroatoms. The Bertz CT molecular complexity index is 132. The summed E-state index contributed by atoms with van der Waals surface area (Å²) in [5, 5.41) is 7.72. The number of carboxylic acid groups (broad SMARTS) is 1. The Labute approximate surface area is 78.9 Å². The van der Waals surface area contributed by atoms with Crippen LogP contribution in [0.4, 0.5) is 0 Å². The molecular weight excluding hydrogens is 172 g/mol. The van der Waals surface area contributed by atoms with E-state index < -0.39 is 5.97 Å². The third-order valence-corrected chi connectivity index (χ3v) is 1.18. The van der Waals surface area contributed by atoms with Crippen LogP contribution in [0.2, 0.25) is 0 Å². The molecule has 0 aromatic heterocycles. The van der Waals surface area contributed by atoms with Gasteiger partial charge in [0.2, 0.25) is 0 Å². The van der Waals surface area contributed by atoms with Crippen molar-refractivity contribution in [1.82, 2.24) is 0 Å². The lowest BCUT2D eigenvalue weighted by molar-refractivity contribution is -0.136. The molecule has 0 rings (SSSR count). The molecule has 0 unspecified atom stereocenters. The lowest BCUT2D eigenvalue weighted by atomic mass is 10.1. The van der Waals surface area contributed by atoms with Crippen LogP contribution in [0.3, 0.4) is 0 Å². The first-order valence-electron chi connectivity index (χ1n) is 4.31. The quantitative estimate of drug-likeness (QED) is 0.529. The maximum absolute atomic E-state index is 9.56. The van der Waals surface area contributed by atoms with E-state index in [1.807, 2.05) is 0 Å². The van der Waals surface area contributed by atoms with Crippen molar-refractivity contribution in [2.24, 2.45) is 5.92 Å². The van der Waals surface area contributed by atoms with Gasteiger partial charge in [-0.1, -0.05) is 20.8 Å². The fourth-order valence-corrected chi connectivity index (χ4v) is 0.352. The van der Waals surface area contributed by atoms with E-state index in [4.69, 9.17) is 5.11 Å². The Morgan fingerprint density at radius 2 is 2.00 bits per heavy atom. The topological polar surface area (TPSA) is 63.6 Å². The molecule has 0 heterocycles. The van der Waals surface area contributed by atoms with Gasteiger partial charge in [-0.05, 0) is 12.3 Å². The summed E-state index contributed by atoms with van der Waals surface area (Å²) in [6, 6.07) is 0. The van der Waals surface area contributed by atoms with Gasteiger partial charge in [-0.25, -0.2) is 0 Å². The van der Waals surface area contributed by atoms with E-state index in [2.05, 4.69) is 18.6 Å². The molecule has 0 aromatic rings. The zero-order chi connectivity index (χ0) is 10.7. The molecule has 0 radical (unpaired) electrons. The fourth-order valence-electron chi connectivity index (χ4n) is 0.352. The van der Waals surface area contributed by atoms with E-state index in [1.54, 1.807) is 6.92 Å². The van der Waals surface area contributed by atoms with Crippen LogP contribution in [0.25, 0.3) is 0 Å². The minimum absolute atomic E-state index is 0.222. The summed E-state index contributed by atoms with van der Waals surface area (Å²) in [7, 11) is 0. The SMILES string of the molecule is CC(C)CCOC=O.CCC(=O)O. The first kappa shape index (κ1) is 14.5. The van der Waals surface area contributed by atoms with Crippen LogP contribution in [-0.2, 0) is 14.3 Å². The van der Waals surface area contributed by atoms with E-state index in [9.17, 15) is 9.59 Å². The zero-order valence-corrected chi connectivity index (χ0v) is 8.45. The van der Waals surface area contributed by atoms with Crippen LogP contribution in [0.5, 0.6) is 0 Å². The molecule has 4 nitrogen and oxygen atoms in total. The minimum atomic E-state index is -0.745. The van der Waals surface area contributed by atoms with Gasteiger partial charge in [-0.2, -0.15) is 0 Å². The highest BCUT2D eigenvalue weighted by Gasteiger charge is 1.90. The van der Waals surface area contributed by atoms with Crippen molar-refractivity contribution < 1.29 is 19.4 Å². The van der Waals surface area contributed by atoms with Crippen molar-refractivity contribution in [1.29, 1.82) is 0 Å². The van der Waals surface area contributed by atoms with Gasteiger partial charge < -0.3 is 9.84 Å². The first-order valence-corrected chi connectivity index (χ1v) is 4.31. The monoisotopic (exact) mass is 190 g/mol. The van der Waals surface area contributed by atoms with Gasteiger partial charge in [0, 0.05) is 6.42 Å². The lowest BCUT2D eigenvalue weighted by Crippen LogP contribution is -1.96. The van der Waals surface area contributed by atoms with Gasteiger partial charge >= 0.3 is 5.97 Å². The molecule has 0 aliphatic carbocycles. The summed E-state index contributed by atoms with van der Waals surface area (Å²) in [4.78, 5) is 18.9. The maximum Gasteiger partial charge on any atom is 0.303 e. The number of aliphatic carboxylic acids is 1. The molecule has 0 fully saturated rings. The predicted molar refractivity (Wildman–Crippen MR) is 49.4 cm³/mol. The number of carbonyl (C=O) groups is 2. The van der Waals surface area contributed by atoms with Crippen molar-refractivity contribution in [2.45, 2.75) is 33.6 Å². The van der Waals surface area contributed by atoms with Gasteiger partial charge in [0.1, 0.15) is 0 Å². The van der Waals surface area contributed by atoms with Crippen molar-refractivity contribution in [3.05, 3.63) is 0 Å². The van der Waals surface area contributed by atoms with E-state index in [0.717, 1.165) is 6.42 Å². The van der Waals surface area contributed by atoms with Gasteiger partial charge in [0.25, 0.3) is 6.47 Å². The van der Waals surface area contributed by atoms with Gasteiger partial charge in [-0.15, -0.1) is 0 Å². The molecule has 0 atom stereocenters. The molecule has 0 aliphatic heterocycles.